The van der Waals surface area contributed by atoms with Crippen LogP contribution >= 0.6 is 0 Å². The van der Waals surface area contributed by atoms with Crippen LogP contribution in [-0.2, 0) is 6.54 Å². The van der Waals surface area contributed by atoms with Gasteiger partial charge in [0.1, 0.15) is 5.65 Å². The molecule has 0 saturated carbocycles. The van der Waals surface area contributed by atoms with Gasteiger partial charge in [0.25, 0.3) is 0 Å². The molecule has 3 heterocycles. The number of imidazole rings is 1. The zero-order chi connectivity index (χ0) is 19.2. The van der Waals surface area contributed by atoms with Gasteiger partial charge in [-0.05, 0) is 45.7 Å². The summed E-state index contributed by atoms with van der Waals surface area (Å²) in [4.78, 5) is 11.9. The lowest BCUT2D eigenvalue weighted by molar-refractivity contribution is 0.221. The van der Waals surface area contributed by atoms with Crippen LogP contribution in [0.25, 0.3) is 5.65 Å². The zero-order valence-corrected chi connectivity index (χ0v) is 16.8. The van der Waals surface area contributed by atoms with Gasteiger partial charge in [-0.15, -0.1) is 0 Å². The molecule has 3 rings (SSSR count). The Hall–Kier alpha value is -2.34. The van der Waals surface area contributed by atoms with Crippen LogP contribution in [0.2, 0.25) is 0 Å². The van der Waals surface area contributed by atoms with Crippen LogP contribution in [0.5, 0.6) is 0 Å². The number of aryl methyl sites for hydroxylation is 1. The molecule has 0 atom stereocenters. The lowest BCUT2D eigenvalue weighted by Crippen LogP contribution is -2.48. The van der Waals surface area contributed by atoms with Crippen molar-refractivity contribution in [3.63, 3.8) is 0 Å². The minimum absolute atomic E-state index is 0.465. The summed E-state index contributed by atoms with van der Waals surface area (Å²) in [6.07, 6.45) is 4.34. The van der Waals surface area contributed by atoms with E-state index in [9.17, 15) is 0 Å². The Kier molecular flexibility index (Phi) is 6.50. The van der Waals surface area contributed by atoms with Gasteiger partial charge < -0.3 is 15.0 Å². The average molecular weight is 369 g/mol. The predicted octanol–water partition coefficient (Wildman–Crippen LogP) is 2.74. The molecule has 0 aliphatic carbocycles. The maximum absolute atomic E-state index is 4.76. The molecular formula is C21H32N6. The average Bonchev–Trinajstić information content (AvgIpc) is 3.06. The van der Waals surface area contributed by atoms with Gasteiger partial charge in [0, 0.05) is 44.1 Å². The normalized spacial score (nSPS) is 16.6. The second-order valence-corrected chi connectivity index (χ2v) is 7.47. The van der Waals surface area contributed by atoms with E-state index in [-0.39, 0.29) is 0 Å². The number of nitrogens with one attached hydrogen (secondary N) is 2. The number of aliphatic imine (C=N–C) groups is 1. The van der Waals surface area contributed by atoms with Crippen molar-refractivity contribution >= 4 is 11.6 Å². The summed E-state index contributed by atoms with van der Waals surface area (Å²) in [6.45, 7) is 15.0. The highest BCUT2D eigenvalue weighted by Crippen LogP contribution is 2.12. The van der Waals surface area contributed by atoms with Gasteiger partial charge in [-0.2, -0.15) is 0 Å². The molecule has 0 amide bonds. The third-order valence-electron chi connectivity index (χ3n) is 4.91. The summed E-state index contributed by atoms with van der Waals surface area (Å²) >= 11 is 0. The number of likely N-dealkylation sites (tertiary alicyclic amines) is 1. The van der Waals surface area contributed by atoms with Crippen molar-refractivity contribution in [1.82, 2.24) is 24.9 Å². The molecule has 0 aromatic carbocycles. The van der Waals surface area contributed by atoms with Crippen molar-refractivity contribution in [1.29, 1.82) is 0 Å². The molecule has 1 aliphatic heterocycles. The first kappa shape index (κ1) is 19.4. The number of hydrogen-bond donors (Lipinski definition) is 2. The minimum Gasteiger partial charge on any atom is -0.357 e. The summed E-state index contributed by atoms with van der Waals surface area (Å²) in [5, 5.41) is 6.97. The molecule has 6 nitrogen and oxygen atoms in total. The van der Waals surface area contributed by atoms with Crippen LogP contribution in [0.15, 0.2) is 41.5 Å². The standard InChI is InChI=1S/C21H32N6/c1-5-22-21(25-18-9-11-26(12-10-18)14-16(2)3)23-13-19-15-27-17(4)7-6-8-20(27)24-19/h6-8,15,18H,2,5,9-14H2,1,3-4H3,(H2,22,23,25). The molecule has 0 spiro atoms. The molecule has 146 valence electrons. The summed E-state index contributed by atoms with van der Waals surface area (Å²) in [5.74, 6) is 0.879. The zero-order valence-electron chi connectivity index (χ0n) is 16.8. The van der Waals surface area contributed by atoms with E-state index in [1.807, 2.05) is 12.1 Å². The highest BCUT2D eigenvalue weighted by atomic mass is 15.2. The second kappa shape index (κ2) is 9.04. The van der Waals surface area contributed by atoms with Crippen LogP contribution in [-0.4, -0.2) is 52.5 Å². The first-order valence-electron chi connectivity index (χ1n) is 9.90. The van der Waals surface area contributed by atoms with Crippen LogP contribution < -0.4 is 10.6 Å². The number of aromatic nitrogens is 2. The van der Waals surface area contributed by atoms with Gasteiger partial charge in [0.05, 0.1) is 12.2 Å². The Balaban J connectivity index is 1.59. The molecule has 27 heavy (non-hydrogen) atoms. The summed E-state index contributed by atoms with van der Waals surface area (Å²) in [5.41, 5.74) is 4.38. The first-order chi connectivity index (χ1) is 13.0. The maximum atomic E-state index is 4.76. The molecule has 2 aromatic rings. The number of rotatable bonds is 6. The van der Waals surface area contributed by atoms with E-state index in [0.717, 1.165) is 56.3 Å². The van der Waals surface area contributed by atoms with Crippen LogP contribution in [0.4, 0.5) is 0 Å². The molecule has 0 unspecified atom stereocenters. The molecule has 6 heteroatoms. The lowest BCUT2D eigenvalue weighted by atomic mass is 10.0. The van der Waals surface area contributed by atoms with E-state index in [2.05, 4.69) is 64.5 Å². The van der Waals surface area contributed by atoms with Gasteiger partial charge in [0.15, 0.2) is 5.96 Å². The fraction of sp³-hybridized carbons (Fsp3) is 0.524. The smallest absolute Gasteiger partial charge is 0.191 e. The molecule has 2 aromatic heterocycles. The molecule has 0 bridgehead atoms. The Morgan fingerprint density at radius 1 is 1.33 bits per heavy atom. The Labute approximate surface area is 162 Å². The van der Waals surface area contributed by atoms with Crippen molar-refractivity contribution in [2.45, 2.75) is 46.2 Å². The SMILES string of the molecule is C=C(C)CN1CCC(NC(=NCc2cn3c(C)cccc3n2)NCC)CC1. The van der Waals surface area contributed by atoms with Crippen molar-refractivity contribution in [2.24, 2.45) is 4.99 Å². The van der Waals surface area contributed by atoms with Crippen molar-refractivity contribution < 1.29 is 0 Å². The van der Waals surface area contributed by atoms with E-state index >= 15 is 0 Å². The maximum Gasteiger partial charge on any atom is 0.191 e. The van der Waals surface area contributed by atoms with E-state index in [0.29, 0.717) is 12.6 Å². The molecule has 1 saturated heterocycles. The molecule has 1 aliphatic rings. The third kappa shape index (κ3) is 5.32. The predicted molar refractivity (Wildman–Crippen MR) is 112 cm³/mol. The van der Waals surface area contributed by atoms with Crippen LogP contribution in [0, 0.1) is 6.92 Å². The summed E-state index contributed by atoms with van der Waals surface area (Å²) < 4.78 is 2.11. The largest absolute Gasteiger partial charge is 0.357 e. The monoisotopic (exact) mass is 368 g/mol. The number of nitrogens with zero attached hydrogens (tertiary/aromatic N) is 4. The van der Waals surface area contributed by atoms with E-state index < -0.39 is 0 Å². The van der Waals surface area contributed by atoms with Crippen LogP contribution in [0.1, 0.15) is 38.1 Å². The molecule has 1 fully saturated rings. The highest BCUT2D eigenvalue weighted by Gasteiger charge is 2.19. The number of guanidine groups is 1. The summed E-state index contributed by atoms with van der Waals surface area (Å²) in [6, 6.07) is 6.62. The van der Waals surface area contributed by atoms with Gasteiger partial charge in [-0.3, -0.25) is 4.90 Å². The molecule has 0 radical (unpaired) electrons. The van der Waals surface area contributed by atoms with E-state index in [4.69, 9.17) is 4.99 Å². The lowest BCUT2D eigenvalue weighted by Gasteiger charge is -2.33. The fourth-order valence-corrected chi connectivity index (χ4v) is 3.57. The van der Waals surface area contributed by atoms with Crippen molar-refractivity contribution in [3.05, 3.63) is 47.9 Å². The Morgan fingerprint density at radius 2 is 2.11 bits per heavy atom. The molecule has 2 N–H and O–H groups in total. The summed E-state index contributed by atoms with van der Waals surface area (Å²) in [7, 11) is 0. The van der Waals surface area contributed by atoms with Crippen molar-refractivity contribution in [3.8, 4) is 0 Å². The van der Waals surface area contributed by atoms with Gasteiger partial charge >= 0.3 is 0 Å². The third-order valence-corrected chi connectivity index (χ3v) is 4.91. The van der Waals surface area contributed by atoms with E-state index in [1.165, 1.54) is 11.3 Å². The van der Waals surface area contributed by atoms with Gasteiger partial charge in [-0.1, -0.05) is 18.2 Å². The number of hydrogen-bond acceptors (Lipinski definition) is 3. The van der Waals surface area contributed by atoms with Gasteiger partial charge in [-0.25, -0.2) is 9.98 Å². The number of fused-ring (bicyclic) bond motifs is 1. The quantitative estimate of drug-likeness (QED) is 0.468. The minimum atomic E-state index is 0.465. The fourth-order valence-electron chi connectivity index (χ4n) is 3.57. The highest BCUT2D eigenvalue weighted by molar-refractivity contribution is 5.80. The van der Waals surface area contributed by atoms with Crippen molar-refractivity contribution in [2.75, 3.05) is 26.2 Å². The number of pyridine rings is 1. The van der Waals surface area contributed by atoms with Crippen LogP contribution in [0.3, 0.4) is 0 Å². The molecular weight excluding hydrogens is 336 g/mol. The number of piperidine rings is 1. The Morgan fingerprint density at radius 3 is 2.78 bits per heavy atom. The first-order valence-corrected chi connectivity index (χ1v) is 9.90. The van der Waals surface area contributed by atoms with E-state index in [1.54, 1.807) is 0 Å². The second-order valence-electron chi connectivity index (χ2n) is 7.47. The van der Waals surface area contributed by atoms with Gasteiger partial charge in [0.2, 0.25) is 0 Å². The topological polar surface area (TPSA) is 57.0 Å². The Bertz CT molecular complexity index is 798.